The molecule has 2 aliphatic rings. The van der Waals surface area contributed by atoms with Crippen LogP contribution in [0, 0.1) is 11.3 Å². The van der Waals surface area contributed by atoms with Crippen molar-refractivity contribution in [1.29, 1.82) is 0 Å². The molecule has 1 amide bonds. The second kappa shape index (κ2) is 5.11. The van der Waals surface area contributed by atoms with Crippen LogP contribution in [0.15, 0.2) is 18.2 Å². The Morgan fingerprint density at radius 2 is 1.83 bits per heavy atom. The van der Waals surface area contributed by atoms with Crippen LogP contribution in [0.5, 0.6) is 0 Å². The number of nitrogens with two attached hydrogens (primary N) is 1. The number of fused-ring (bicyclic) bond motifs is 1. The summed E-state index contributed by atoms with van der Waals surface area (Å²) in [4.78, 5) is 11.1. The van der Waals surface area contributed by atoms with Crippen molar-refractivity contribution in [3.63, 3.8) is 0 Å². The van der Waals surface area contributed by atoms with E-state index in [0.717, 1.165) is 0 Å². The van der Waals surface area contributed by atoms with Gasteiger partial charge in [-0.2, -0.15) is 26.3 Å². The predicted octanol–water partition coefficient (Wildman–Crippen LogP) is 3.45. The summed E-state index contributed by atoms with van der Waals surface area (Å²) in [6.45, 7) is -0.0400. The van der Waals surface area contributed by atoms with Crippen LogP contribution in [0.1, 0.15) is 40.4 Å². The fourth-order valence-electron chi connectivity index (χ4n) is 3.57. The summed E-state index contributed by atoms with van der Waals surface area (Å²) >= 11 is 0. The second-order valence-electron chi connectivity index (χ2n) is 6.31. The zero-order valence-electron chi connectivity index (χ0n) is 12.3. The number of hydrogen-bond acceptors (Lipinski definition) is 2. The van der Waals surface area contributed by atoms with Gasteiger partial charge in [-0.15, -0.1) is 0 Å². The first kappa shape index (κ1) is 17.1. The molecule has 2 atom stereocenters. The predicted molar refractivity (Wildman–Crippen MR) is 71.8 cm³/mol. The van der Waals surface area contributed by atoms with Gasteiger partial charge in [-0.05, 0) is 36.1 Å². The standard InChI is InChI=1S/C15H14F6N2O/c16-14(17,18)11(13(3-4-13)15(19,20)21)10-9-2-1-7(12(22)24)5-8(9)6-23-10/h1-2,5,10-11,23H,3-4,6H2,(H2,22,24)/t10?,11-/m0/s1. The Morgan fingerprint density at radius 3 is 2.29 bits per heavy atom. The highest BCUT2D eigenvalue weighted by atomic mass is 19.4. The van der Waals surface area contributed by atoms with E-state index < -0.39 is 48.5 Å². The van der Waals surface area contributed by atoms with E-state index in [-0.39, 0.29) is 17.7 Å². The van der Waals surface area contributed by atoms with Crippen molar-refractivity contribution in [3.8, 4) is 0 Å². The van der Waals surface area contributed by atoms with Crippen LogP contribution in [0.25, 0.3) is 0 Å². The third-order valence-corrected chi connectivity index (χ3v) is 4.91. The number of primary amides is 1. The first-order valence-corrected chi connectivity index (χ1v) is 7.27. The number of carbonyl (C=O) groups is 1. The zero-order valence-corrected chi connectivity index (χ0v) is 12.3. The molecule has 9 heteroatoms. The Hall–Kier alpha value is -1.77. The van der Waals surface area contributed by atoms with Crippen molar-refractivity contribution in [2.75, 3.05) is 0 Å². The molecule has 1 aromatic rings. The maximum absolute atomic E-state index is 13.5. The Balaban J connectivity index is 2.03. The number of halogens is 6. The van der Waals surface area contributed by atoms with Crippen molar-refractivity contribution in [2.24, 2.45) is 17.1 Å². The first-order valence-electron chi connectivity index (χ1n) is 7.27. The summed E-state index contributed by atoms with van der Waals surface area (Å²) in [6, 6.07) is 2.32. The quantitative estimate of drug-likeness (QED) is 0.819. The molecule has 1 heterocycles. The maximum atomic E-state index is 13.5. The number of benzene rings is 1. The van der Waals surface area contributed by atoms with E-state index in [0.29, 0.717) is 5.56 Å². The highest BCUT2D eigenvalue weighted by Crippen LogP contribution is 2.68. The van der Waals surface area contributed by atoms with Crippen LogP contribution in [0.4, 0.5) is 26.3 Å². The van der Waals surface area contributed by atoms with Gasteiger partial charge in [-0.1, -0.05) is 6.07 Å². The molecule has 3 nitrogen and oxygen atoms in total. The van der Waals surface area contributed by atoms with Crippen molar-refractivity contribution < 1.29 is 31.1 Å². The minimum Gasteiger partial charge on any atom is -0.366 e. The molecule has 1 unspecified atom stereocenters. The van der Waals surface area contributed by atoms with Crippen LogP contribution in [-0.4, -0.2) is 18.3 Å². The molecule has 0 radical (unpaired) electrons. The van der Waals surface area contributed by atoms with E-state index in [9.17, 15) is 31.1 Å². The molecular weight excluding hydrogens is 338 g/mol. The lowest BCUT2D eigenvalue weighted by Crippen LogP contribution is -2.46. The third kappa shape index (κ3) is 2.54. The number of amides is 1. The largest absolute Gasteiger partial charge is 0.395 e. The molecule has 1 aliphatic heterocycles. The first-order chi connectivity index (χ1) is 11.0. The number of hydrogen-bond donors (Lipinski definition) is 2. The Morgan fingerprint density at radius 1 is 1.21 bits per heavy atom. The lowest BCUT2D eigenvalue weighted by Gasteiger charge is -2.35. The molecule has 0 bridgehead atoms. The van der Waals surface area contributed by atoms with Crippen molar-refractivity contribution in [3.05, 3.63) is 34.9 Å². The van der Waals surface area contributed by atoms with Gasteiger partial charge in [0.05, 0.1) is 11.3 Å². The molecule has 0 spiro atoms. The zero-order chi connectivity index (χ0) is 17.9. The van der Waals surface area contributed by atoms with Gasteiger partial charge in [0.15, 0.2) is 0 Å². The molecule has 1 saturated carbocycles. The minimum absolute atomic E-state index is 0.0400. The van der Waals surface area contributed by atoms with E-state index in [4.69, 9.17) is 5.73 Å². The van der Waals surface area contributed by atoms with Crippen LogP contribution >= 0.6 is 0 Å². The molecule has 1 fully saturated rings. The minimum atomic E-state index is -5.01. The number of alkyl halides is 6. The lowest BCUT2D eigenvalue weighted by molar-refractivity contribution is -0.272. The topological polar surface area (TPSA) is 55.1 Å². The summed E-state index contributed by atoms with van der Waals surface area (Å²) < 4.78 is 80.4. The smallest absolute Gasteiger partial charge is 0.366 e. The molecule has 3 rings (SSSR count). The van der Waals surface area contributed by atoms with E-state index in [2.05, 4.69) is 5.32 Å². The van der Waals surface area contributed by atoms with Gasteiger partial charge in [-0.25, -0.2) is 0 Å². The SMILES string of the molecule is NC(=O)c1ccc2c(c1)CNC2[C@H](C(F)(F)F)C1(C(F)(F)F)CC1. The lowest BCUT2D eigenvalue weighted by atomic mass is 9.79. The van der Waals surface area contributed by atoms with Gasteiger partial charge in [-0.3, -0.25) is 4.79 Å². The fraction of sp³-hybridized carbons (Fsp3) is 0.533. The molecule has 1 aromatic carbocycles. The van der Waals surface area contributed by atoms with Crippen LogP contribution in [0.3, 0.4) is 0 Å². The number of carbonyl (C=O) groups excluding carboxylic acids is 1. The van der Waals surface area contributed by atoms with Gasteiger partial charge in [0.1, 0.15) is 0 Å². The summed E-state index contributed by atoms with van der Waals surface area (Å²) in [5.74, 6) is -3.31. The summed E-state index contributed by atoms with van der Waals surface area (Å²) in [5.41, 5.74) is 2.99. The maximum Gasteiger partial charge on any atom is 0.395 e. The fourth-order valence-corrected chi connectivity index (χ4v) is 3.57. The van der Waals surface area contributed by atoms with Gasteiger partial charge in [0, 0.05) is 18.2 Å². The Kier molecular flexibility index (Phi) is 3.63. The normalized spacial score (nSPS) is 23.7. The van der Waals surface area contributed by atoms with E-state index in [1.54, 1.807) is 0 Å². The molecule has 24 heavy (non-hydrogen) atoms. The average molecular weight is 352 g/mol. The van der Waals surface area contributed by atoms with Crippen LogP contribution in [-0.2, 0) is 6.54 Å². The van der Waals surface area contributed by atoms with Gasteiger partial charge < -0.3 is 11.1 Å². The third-order valence-electron chi connectivity index (χ3n) is 4.91. The van der Waals surface area contributed by atoms with E-state index >= 15 is 0 Å². The number of rotatable bonds is 3. The van der Waals surface area contributed by atoms with Crippen molar-refractivity contribution in [2.45, 2.75) is 37.8 Å². The van der Waals surface area contributed by atoms with E-state index in [1.165, 1.54) is 18.2 Å². The van der Waals surface area contributed by atoms with Crippen LogP contribution < -0.4 is 11.1 Å². The molecule has 0 saturated heterocycles. The summed E-state index contributed by atoms with van der Waals surface area (Å²) in [6.07, 6.45) is -11.0. The monoisotopic (exact) mass is 352 g/mol. The Bertz CT molecular complexity index is 678. The Labute approximate surface area is 133 Å². The molecular formula is C15H14F6N2O. The second-order valence-corrected chi connectivity index (χ2v) is 6.31. The molecule has 1 aliphatic carbocycles. The molecule has 3 N–H and O–H groups in total. The van der Waals surface area contributed by atoms with Gasteiger partial charge in [0.2, 0.25) is 5.91 Å². The summed E-state index contributed by atoms with van der Waals surface area (Å²) in [5, 5.41) is 2.54. The molecule has 132 valence electrons. The van der Waals surface area contributed by atoms with Crippen molar-refractivity contribution in [1.82, 2.24) is 5.32 Å². The molecule has 0 aromatic heterocycles. The number of nitrogens with one attached hydrogen (secondary N) is 1. The van der Waals surface area contributed by atoms with Gasteiger partial charge >= 0.3 is 12.4 Å². The van der Waals surface area contributed by atoms with Gasteiger partial charge in [0.25, 0.3) is 0 Å². The highest BCUT2D eigenvalue weighted by Gasteiger charge is 2.74. The summed E-state index contributed by atoms with van der Waals surface area (Å²) in [7, 11) is 0. The van der Waals surface area contributed by atoms with Crippen molar-refractivity contribution >= 4 is 5.91 Å². The van der Waals surface area contributed by atoms with Crippen LogP contribution in [0.2, 0.25) is 0 Å². The highest BCUT2D eigenvalue weighted by molar-refractivity contribution is 5.93. The van der Waals surface area contributed by atoms with E-state index in [1.807, 2.05) is 0 Å². The average Bonchev–Trinajstić information content (AvgIpc) is 3.13.